The van der Waals surface area contributed by atoms with Gasteiger partial charge in [-0.15, -0.1) is 0 Å². The summed E-state index contributed by atoms with van der Waals surface area (Å²) in [4.78, 5) is 30.3. The molecule has 1 aromatic carbocycles. The molecule has 0 aliphatic heterocycles. The summed E-state index contributed by atoms with van der Waals surface area (Å²) in [5, 5.41) is 3.04. The van der Waals surface area contributed by atoms with Gasteiger partial charge in [0.2, 0.25) is 5.28 Å². The standard InChI is InChI=1S/C12H8Cl2N4O2/c13-7-5-16-12(14)18-11(7)17-8-4-2-1-3-6(8)9(19)10(15)20/h1-5H,(H2,15,20)(H,16,17,18). The van der Waals surface area contributed by atoms with Gasteiger partial charge in [-0.2, -0.15) is 4.98 Å². The Labute approximate surface area is 123 Å². The molecule has 0 atom stereocenters. The fourth-order valence-corrected chi connectivity index (χ4v) is 1.76. The average Bonchev–Trinajstić information content (AvgIpc) is 2.42. The van der Waals surface area contributed by atoms with Gasteiger partial charge in [-0.05, 0) is 23.7 Å². The van der Waals surface area contributed by atoms with Crippen molar-refractivity contribution in [2.24, 2.45) is 5.73 Å². The predicted octanol–water partition coefficient (Wildman–Crippen LogP) is 2.19. The lowest BCUT2D eigenvalue weighted by Crippen LogP contribution is -2.23. The van der Waals surface area contributed by atoms with Gasteiger partial charge in [0.25, 0.3) is 11.7 Å². The normalized spacial score (nSPS) is 10.1. The maximum atomic E-state index is 11.7. The Kier molecular flexibility index (Phi) is 4.16. The number of anilines is 2. The minimum absolute atomic E-state index is 0.00407. The van der Waals surface area contributed by atoms with E-state index in [1.807, 2.05) is 0 Å². The van der Waals surface area contributed by atoms with E-state index in [4.69, 9.17) is 28.9 Å². The molecule has 1 heterocycles. The minimum atomic E-state index is -1.05. The van der Waals surface area contributed by atoms with E-state index in [2.05, 4.69) is 15.3 Å². The molecule has 0 aliphatic carbocycles. The van der Waals surface area contributed by atoms with Crippen LogP contribution in [0.1, 0.15) is 10.4 Å². The van der Waals surface area contributed by atoms with E-state index in [1.165, 1.54) is 12.3 Å². The molecule has 8 heteroatoms. The van der Waals surface area contributed by atoms with Crippen molar-refractivity contribution in [3.63, 3.8) is 0 Å². The SMILES string of the molecule is NC(=O)C(=O)c1ccccc1Nc1nc(Cl)ncc1Cl. The monoisotopic (exact) mass is 310 g/mol. The summed E-state index contributed by atoms with van der Waals surface area (Å²) in [5.74, 6) is -1.65. The Morgan fingerprint density at radius 1 is 1.20 bits per heavy atom. The van der Waals surface area contributed by atoms with Crippen LogP contribution in [-0.2, 0) is 4.79 Å². The Morgan fingerprint density at radius 2 is 1.90 bits per heavy atom. The molecule has 1 amide bonds. The number of nitrogens with two attached hydrogens (primary N) is 1. The number of amides is 1. The largest absolute Gasteiger partial charge is 0.363 e. The maximum absolute atomic E-state index is 11.7. The van der Waals surface area contributed by atoms with E-state index in [1.54, 1.807) is 18.2 Å². The number of Topliss-reactive ketones (excluding diaryl/α,β-unsaturated/α-hetero) is 1. The summed E-state index contributed by atoms with van der Waals surface area (Å²) in [6, 6.07) is 6.33. The second-order valence-corrected chi connectivity index (χ2v) is 4.44. The third-order valence-electron chi connectivity index (χ3n) is 2.36. The lowest BCUT2D eigenvalue weighted by Gasteiger charge is -2.10. The first-order chi connectivity index (χ1) is 9.49. The van der Waals surface area contributed by atoms with Crippen molar-refractivity contribution in [3.05, 3.63) is 46.3 Å². The smallest absolute Gasteiger partial charge is 0.289 e. The number of benzene rings is 1. The Hall–Kier alpha value is -2.18. The summed E-state index contributed by atoms with van der Waals surface area (Å²) < 4.78 is 0. The quantitative estimate of drug-likeness (QED) is 0.512. The van der Waals surface area contributed by atoms with Gasteiger partial charge in [0.1, 0.15) is 5.02 Å². The molecular formula is C12H8Cl2N4O2. The Morgan fingerprint density at radius 3 is 2.60 bits per heavy atom. The number of hydrogen-bond donors (Lipinski definition) is 2. The van der Waals surface area contributed by atoms with Gasteiger partial charge in [0.15, 0.2) is 5.82 Å². The van der Waals surface area contributed by atoms with Crippen LogP contribution in [0, 0.1) is 0 Å². The lowest BCUT2D eigenvalue weighted by atomic mass is 10.1. The molecule has 0 fully saturated rings. The molecule has 20 heavy (non-hydrogen) atoms. The zero-order valence-electron chi connectivity index (χ0n) is 9.93. The van der Waals surface area contributed by atoms with Crippen molar-refractivity contribution < 1.29 is 9.59 Å². The molecular weight excluding hydrogens is 303 g/mol. The fraction of sp³-hybridized carbons (Fsp3) is 0. The molecule has 0 saturated carbocycles. The Balaban J connectivity index is 2.41. The molecule has 2 aromatic rings. The third-order valence-corrected chi connectivity index (χ3v) is 2.82. The average molecular weight is 311 g/mol. The van der Waals surface area contributed by atoms with Gasteiger partial charge in [0, 0.05) is 0 Å². The molecule has 1 aromatic heterocycles. The van der Waals surface area contributed by atoms with Crippen molar-refractivity contribution in [1.82, 2.24) is 9.97 Å². The number of ketones is 1. The highest BCUT2D eigenvalue weighted by molar-refractivity contribution is 6.43. The van der Waals surface area contributed by atoms with Crippen LogP contribution < -0.4 is 11.1 Å². The summed E-state index contributed by atoms with van der Waals surface area (Å²) in [7, 11) is 0. The van der Waals surface area contributed by atoms with E-state index in [0.717, 1.165) is 0 Å². The van der Waals surface area contributed by atoms with E-state index in [0.29, 0.717) is 5.69 Å². The van der Waals surface area contributed by atoms with Crippen LogP contribution in [0.4, 0.5) is 11.5 Å². The number of carbonyl (C=O) groups is 2. The zero-order chi connectivity index (χ0) is 14.7. The molecule has 0 radical (unpaired) electrons. The van der Waals surface area contributed by atoms with E-state index in [9.17, 15) is 9.59 Å². The highest BCUT2D eigenvalue weighted by Crippen LogP contribution is 2.26. The molecule has 0 saturated heterocycles. The summed E-state index contributed by atoms with van der Waals surface area (Å²) in [6.07, 6.45) is 1.32. The first-order valence-corrected chi connectivity index (χ1v) is 6.13. The summed E-state index contributed by atoms with van der Waals surface area (Å²) >= 11 is 11.6. The number of halogens is 2. The van der Waals surface area contributed by atoms with Gasteiger partial charge >= 0.3 is 0 Å². The number of hydrogen-bond acceptors (Lipinski definition) is 5. The Bertz CT molecular complexity index is 691. The number of rotatable bonds is 4. The highest BCUT2D eigenvalue weighted by Gasteiger charge is 2.17. The minimum Gasteiger partial charge on any atom is -0.363 e. The van der Waals surface area contributed by atoms with Crippen LogP contribution in [0.25, 0.3) is 0 Å². The van der Waals surface area contributed by atoms with Crippen LogP contribution in [-0.4, -0.2) is 21.7 Å². The first-order valence-electron chi connectivity index (χ1n) is 5.37. The first kappa shape index (κ1) is 14.2. The van der Waals surface area contributed by atoms with E-state index < -0.39 is 11.7 Å². The van der Waals surface area contributed by atoms with Crippen molar-refractivity contribution in [3.8, 4) is 0 Å². The maximum Gasteiger partial charge on any atom is 0.289 e. The zero-order valence-corrected chi connectivity index (χ0v) is 11.4. The predicted molar refractivity (Wildman–Crippen MR) is 75.3 cm³/mol. The summed E-state index contributed by atoms with van der Waals surface area (Å²) in [5.41, 5.74) is 5.45. The molecule has 0 spiro atoms. The van der Waals surface area contributed by atoms with Gasteiger partial charge < -0.3 is 11.1 Å². The summed E-state index contributed by atoms with van der Waals surface area (Å²) in [6.45, 7) is 0. The van der Waals surface area contributed by atoms with Crippen molar-refractivity contribution in [1.29, 1.82) is 0 Å². The van der Waals surface area contributed by atoms with Crippen LogP contribution >= 0.6 is 23.2 Å². The molecule has 6 nitrogen and oxygen atoms in total. The second-order valence-electron chi connectivity index (χ2n) is 3.70. The van der Waals surface area contributed by atoms with E-state index in [-0.39, 0.29) is 21.7 Å². The van der Waals surface area contributed by atoms with Gasteiger partial charge in [-0.3, -0.25) is 9.59 Å². The molecule has 2 rings (SSSR count). The molecule has 102 valence electrons. The number of carbonyl (C=O) groups excluding carboxylic acids is 2. The number of para-hydroxylation sites is 1. The van der Waals surface area contributed by atoms with Gasteiger partial charge in [-0.1, -0.05) is 23.7 Å². The third kappa shape index (κ3) is 3.04. The van der Waals surface area contributed by atoms with Crippen molar-refractivity contribution in [2.75, 3.05) is 5.32 Å². The fourth-order valence-electron chi connectivity index (χ4n) is 1.48. The van der Waals surface area contributed by atoms with Crippen LogP contribution in [0.5, 0.6) is 0 Å². The topological polar surface area (TPSA) is 98.0 Å². The van der Waals surface area contributed by atoms with E-state index >= 15 is 0 Å². The van der Waals surface area contributed by atoms with Crippen molar-refractivity contribution >= 4 is 46.4 Å². The lowest BCUT2D eigenvalue weighted by molar-refractivity contribution is -0.114. The molecule has 0 unspecified atom stereocenters. The number of nitrogens with zero attached hydrogens (tertiary/aromatic N) is 2. The van der Waals surface area contributed by atoms with Crippen LogP contribution in [0.2, 0.25) is 10.3 Å². The van der Waals surface area contributed by atoms with Crippen LogP contribution in [0.3, 0.4) is 0 Å². The van der Waals surface area contributed by atoms with Crippen LogP contribution in [0.15, 0.2) is 30.5 Å². The van der Waals surface area contributed by atoms with Gasteiger partial charge in [0.05, 0.1) is 17.4 Å². The highest BCUT2D eigenvalue weighted by atomic mass is 35.5. The number of nitrogens with one attached hydrogen (secondary N) is 1. The van der Waals surface area contributed by atoms with Crippen molar-refractivity contribution in [2.45, 2.75) is 0 Å². The number of aromatic nitrogens is 2. The molecule has 0 bridgehead atoms. The molecule has 3 N–H and O–H groups in total. The second kappa shape index (κ2) is 5.85. The number of primary amides is 1. The molecule has 0 aliphatic rings. The van der Waals surface area contributed by atoms with Gasteiger partial charge in [-0.25, -0.2) is 4.98 Å².